The number of hydrogen-bond donors (Lipinski definition) is 1. The van der Waals surface area contributed by atoms with Crippen molar-refractivity contribution in [3.8, 4) is 0 Å². The molecule has 2 aliphatic heterocycles. The average molecular weight is 396 g/mol. The summed E-state index contributed by atoms with van der Waals surface area (Å²) in [7, 11) is 3.57. The second-order valence-corrected chi connectivity index (χ2v) is 8.26. The first-order chi connectivity index (χ1) is 13.5. The van der Waals surface area contributed by atoms with E-state index in [1.807, 2.05) is 0 Å². The van der Waals surface area contributed by atoms with E-state index >= 15 is 0 Å². The van der Waals surface area contributed by atoms with Gasteiger partial charge in [-0.05, 0) is 18.8 Å². The maximum atomic E-state index is 12.1. The maximum absolute atomic E-state index is 12.1. The molecule has 0 saturated carbocycles. The summed E-state index contributed by atoms with van der Waals surface area (Å²) in [5, 5.41) is 3.60. The van der Waals surface area contributed by atoms with Gasteiger partial charge in [0.15, 0.2) is 5.96 Å². The minimum absolute atomic E-state index is 0.0428. The number of aliphatic imine (C=N–C) groups is 1. The summed E-state index contributed by atoms with van der Waals surface area (Å²) in [6.07, 6.45) is 6.08. The van der Waals surface area contributed by atoms with Crippen LogP contribution >= 0.6 is 0 Å². The monoisotopic (exact) mass is 395 g/mol. The predicted octanol–water partition coefficient (Wildman–Crippen LogP) is 1.64. The van der Waals surface area contributed by atoms with Crippen LogP contribution in [0.15, 0.2) is 4.99 Å². The van der Waals surface area contributed by atoms with Crippen molar-refractivity contribution in [3.63, 3.8) is 0 Å². The normalized spacial score (nSPS) is 22.4. The third-order valence-electron chi connectivity index (χ3n) is 5.98. The fourth-order valence-corrected chi connectivity index (χ4v) is 3.91. The van der Waals surface area contributed by atoms with Crippen molar-refractivity contribution in [1.29, 1.82) is 0 Å². The van der Waals surface area contributed by atoms with E-state index in [0.29, 0.717) is 12.0 Å². The standard InChI is InChI=1S/C21H41N5O2/c1-5-7-8-18(6-2)15-22-21(23-16-20(27)24(3)4)26-10-9-19(17-26)25-11-13-28-14-12-25/h18-19H,5-17H2,1-4H3,(H,22,23). The lowest BCUT2D eigenvalue weighted by atomic mass is 9.99. The summed E-state index contributed by atoms with van der Waals surface area (Å²) in [5.41, 5.74) is 0. The molecular formula is C21H41N5O2. The molecule has 2 fully saturated rings. The summed E-state index contributed by atoms with van der Waals surface area (Å²) in [6.45, 7) is 11.3. The molecule has 0 aromatic carbocycles. The van der Waals surface area contributed by atoms with Crippen LogP contribution in [0.4, 0.5) is 0 Å². The van der Waals surface area contributed by atoms with Gasteiger partial charge in [0, 0.05) is 52.9 Å². The summed E-state index contributed by atoms with van der Waals surface area (Å²) in [6, 6.07) is 0.558. The van der Waals surface area contributed by atoms with Gasteiger partial charge in [-0.25, -0.2) is 4.99 Å². The highest BCUT2D eigenvalue weighted by Gasteiger charge is 2.30. The van der Waals surface area contributed by atoms with E-state index in [2.05, 4.69) is 29.0 Å². The van der Waals surface area contributed by atoms with Crippen molar-refractivity contribution in [3.05, 3.63) is 0 Å². The second-order valence-electron chi connectivity index (χ2n) is 8.26. The lowest BCUT2D eigenvalue weighted by Crippen LogP contribution is -2.47. The Morgan fingerprint density at radius 2 is 2.00 bits per heavy atom. The summed E-state index contributed by atoms with van der Waals surface area (Å²) in [5.74, 6) is 1.61. The highest BCUT2D eigenvalue weighted by atomic mass is 16.5. The number of ether oxygens (including phenoxy) is 1. The van der Waals surface area contributed by atoms with Crippen molar-refractivity contribution < 1.29 is 9.53 Å². The Kier molecular flexibility index (Phi) is 10.1. The number of morpholine rings is 1. The number of rotatable bonds is 9. The molecule has 7 nitrogen and oxygen atoms in total. The number of unbranched alkanes of at least 4 members (excludes halogenated alkanes) is 1. The fourth-order valence-electron chi connectivity index (χ4n) is 3.91. The zero-order valence-corrected chi connectivity index (χ0v) is 18.5. The third kappa shape index (κ3) is 7.24. The summed E-state index contributed by atoms with van der Waals surface area (Å²) in [4.78, 5) is 23.2. The number of nitrogens with zero attached hydrogens (tertiary/aromatic N) is 4. The maximum Gasteiger partial charge on any atom is 0.243 e. The van der Waals surface area contributed by atoms with Gasteiger partial charge in [0.2, 0.25) is 5.91 Å². The van der Waals surface area contributed by atoms with Crippen LogP contribution < -0.4 is 5.32 Å². The van der Waals surface area contributed by atoms with E-state index in [1.54, 1.807) is 19.0 Å². The molecule has 0 radical (unpaired) electrons. The minimum Gasteiger partial charge on any atom is -0.379 e. The number of hydrogen-bond acceptors (Lipinski definition) is 4. The van der Waals surface area contributed by atoms with Crippen LogP contribution in [0.2, 0.25) is 0 Å². The molecule has 162 valence electrons. The van der Waals surface area contributed by atoms with Gasteiger partial charge in [-0.15, -0.1) is 0 Å². The van der Waals surface area contributed by atoms with E-state index < -0.39 is 0 Å². The Morgan fingerprint density at radius 1 is 1.25 bits per heavy atom. The van der Waals surface area contributed by atoms with Gasteiger partial charge in [-0.1, -0.05) is 33.1 Å². The third-order valence-corrected chi connectivity index (χ3v) is 5.98. The molecule has 2 saturated heterocycles. The van der Waals surface area contributed by atoms with Gasteiger partial charge in [-0.3, -0.25) is 9.69 Å². The Bertz CT molecular complexity index is 491. The van der Waals surface area contributed by atoms with Crippen molar-refractivity contribution >= 4 is 11.9 Å². The lowest BCUT2D eigenvalue weighted by molar-refractivity contribution is -0.127. The van der Waals surface area contributed by atoms with E-state index in [9.17, 15) is 4.79 Å². The number of carbonyl (C=O) groups is 1. The largest absolute Gasteiger partial charge is 0.379 e. The Hall–Kier alpha value is -1.34. The minimum atomic E-state index is 0.0428. The second kappa shape index (κ2) is 12.3. The van der Waals surface area contributed by atoms with Crippen molar-refractivity contribution in [1.82, 2.24) is 20.0 Å². The van der Waals surface area contributed by atoms with Crippen LogP contribution in [0.3, 0.4) is 0 Å². The van der Waals surface area contributed by atoms with E-state index in [1.165, 1.54) is 25.7 Å². The molecule has 28 heavy (non-hydrogen) atoms. The van der Waals surface area contributed by atoms with Gasteiger partial charge in [-0.2, -0.15) is 0 Å². The Labute approximate surface area is 171 Å². The van der Waals surface area contributed by atoms with Gasteiger partial charge < -0.3 is 19.9 Å². The molecule has 0 bridgehead atoms. The van der Waals surface area contributed by atoms with Crippen LogP contribution in [0.25, 0.3) is 0 Å². The molecule has 1 N–H and O–H groups in total. The summed E-state index contributed by atoms with van der Waals surface area (Å²) >= 11 is 0. The average Bonchev–Trinajstić information content (AvgIpc) is 3.20. The molecule has 2 unspecified atom stereocenters. The van der Waals surface area contributed by atoms with Crippen LogP contribution in [0.5, 0.6) is 0 Å². The molecule has 2 heterocycles. The Morgan fingerprint density at radius 3 is 2.64 bits per heavy atom. The van der Waals surface area contributed by atoms with E-state index in [4.69, 9.17) is 9.73 Å². The fraction of sp³-hybridized carbons (Fsp3) is 0.905. The van der Waals surface area contributed by atoms with Crippen molar-refractivity contribution in [2.45, 2.75) is 52.0 Å². The number of likely N-dealkylation sites (N-methyl/N-ethyl adjacent to an activating group) is 1. The van der Waals surface area contributed by atoms with Crippen molar-refractivity contribution in [2.24, 2.45) is 10.9 Å². The first-order valence-corrected chi connectivity index (χ1v) is 11.1. The lowest BCUT2D eigenvalue weighted by Gasteiger charge is -2.32. The van der Waals surface area contributed by atoms with Crippen LogP contribution in [-0.4, -0.2) is 99.2 Å². The van der Waals surface area contributed by atoms with Gasteiger partial charge in [0.1, 0.15) is 6.54 Å². The van der Waals surface area contributed by atoms with E-state index in [0.717, 1.165) is 58.3 Å². The molecule has 2 aliphatic rings. The number of amides is 1. The highest BCUT2D eigenvalue weighted by Crippen LogP contribution is 2.18. The van der Waals surface area contributed by atoms with Gasteiger partial charge >= 0.3 is 0 Å². The number of nitrogens with one attached hydrogen (secondary N) is 1. The first-order valence-electron chi connectivity index (χ1n) is 11.1. The smallest absolute Gasteiger partial charge is 0.243 e. The highest BCUT2D eigenvalue weighted by molar-refractivity contribution is 5.85. The molecule has 0 spiro atoms. The topological polar surface area (TPSA) is 60.4 Å². The molecular weight excluding hydrogens is 354 g/mol. The predicted molar refractivity (Wildman–Crippen MR) is 115 cm³/mol. The molecule has 2 rings (SSSR count). The van der Waals surface area contributed by atoms with E-state index in [-0.39, 0.29) is 12.5 Å². The molecule has 2 atom stereocenters. The quantitative estimate of drug-likeness (QED) is 0.475. The number of likely N-dealkylation sites (tertiary alicyclic amines) is 1. The molecule has 7 heteroatoms. The zero-order valence-electron chi connectivity index (χ0n) is 18.5. The van der Waals surface area contributed by atoms with Crippen LogP contribution in [-0.2, 0) is 9.53 Å². The van der Waals surface area contributed by atoms with Gasteiger partial charge in [0.05, 0.1) is 13.2 Å². The van der Waals surface area contributed by atoms with Crippen LogP contribution in [0, 0.1) is 5.92 Å². The molecule has 1 amide bonds. The Balaban J connectivity index is 1.97. The molecule has 0 aliphatic carbocycles. The van der Waals surface area contributed by atoms with Gasteiger partial charge in [0.25, 0.3) is 0 Å². The number of guanidine groups is 1. The van der Waals surface area contributed by atoms with Crippen LogP contribution in [0.1, 0.15) is 46.0 Å². The van der Waals surface area contributed by atoms with Crippen molar-refractivity contribution in [2.75, 3.05) is 66.6 Å². The molecule has 0 aromatic rings. The zero-order chi connectivity index (χ0) is 20.4. The SMILES string of the molecule is CCCCC(CC)CNC(=NCC(=O)N(C)C)N1CCC(N2CCOCC2)C1. The molecule has 0 aromatic heterocycles. The summed E-state index contributed by atoms with van der Waals surface area (Å²) < 4.78 is 5.50. The number of carbonyl (C=O) groups excluding carboxylic acids is 1. The first kappa shape index (κ1) is 22.9.